The summed E-state index contributed by atoms with van der Waals surface area (Å²) in [5.41, 5.74) is -3.95. The van der Waals surface area contributed by atoms with Gasteiger partial charge in [-0.1, -0.05) is 12.1 Å². The van der Waals surface area contributed by atoms with Crippen LogP contribution in [0.15, 0.2) is 54.7 Å². The van der Waals surface area contributed by atoms with Crippen molar-refractivity contribution in [3.63, 3.8) is 0 Å². The van der Waals surface area contributed by atoms with Crippen molar-refractivity contribution in [1.29, 1.82) is 0 Å². The topological polar surface area (TPSA) is 62.7 Å². The monoisotopic (exact) mass is 532 g/mol. The number of halogens is 8. The van der Waals surface area contributed by atoms with E-state index in [9.17, 15) is 45.0 Å². The lowest BCUT2D eigenvalue weighted by Gasteiger charge is -2.27. The van der Waals surface area contributed by atoms with Crippen LogP contribution in [0, 0.1) is 5.82 Å². The second-order valence-electron chi connectivity index (χ2n) is 8.09. The summed E-state index contributed by atoms with van der Waals surface area (Å²) in [5, 5.41) is 9.79. The Hall–Kier alpha value is -3.74. The van der Waals surface area contributed by atoms with Gasteiger partial charge in [0.15, 0.2) is 6.61 Å². The van der Waals surface area contributed by atoms with Gasteiger partial charge in [0.1, 0.15) is 11.6 Å². The number of aromatic nitrogens is 1. The maximum atomic E-state index is 13.8. The third-order valence-corrected chi connectivity index (χ3v) is 5.74. The van der Waals surface area contributed by atoms with E-state index in [0.717, 1.165) is 47.4 Å². The predicted molar refractivity (Wildman–Crippen MR) is 114 cm³/mol. The minimum Gasteiger partial charge on any atom is -0.483 e. The first-order chi connectivity index (χ1) is 17.3. The molecule has 1 N–H and O–H groups in total. The molecule has 0 atom stereocenters. The van der Waals surface area contributed by atoms with E-state index < -0.39 is 54.3 Å². The number of hydrogen-bond acceptors (Lipinski definition) is 4. The largest absolute Gasteiger partial charge is 0.483 e. The zero-order valence-electron chi connectivity index (χ0n) is 18.4. The number of ether oxygens (including phenoxy) is 1. The van der Waals surface area contributed by atoms with Crippen molar-refractivity contribution in [2.75, 3.05) is 11.5 Å². The van der Waals surface area contributed by atoms with Gasteiger partial charge in [-0.3, -0.25) is 9.78 Å². The van der Waals surface area contributed by atoms with Crippen LogP contribution in [-0.4, -0.2) is 41.6 Å². The number of anilines is 1. The highest BCUT2D eigenvalue weighted by Gasteiger charge is 2.48. The van der Waals surface area contributed by atoms with Crippen LogP contribution in [0.5, 0.6) is 5.75 Å². The minimum atomic E-state index is -4.70. The maximum Gasteiger partial charge on any atom is 0.422 e. The lowest BCUT2D eigenvalue weighted by atomic mass is 9.94. The molecule has 0 radical (unpaired) electrons. The molecule has 196 valence electrons. The van der Waals surface area contributed by atoms with Gasteiger partial charge >= 0.3 is 6.18 Å². The molecule has 4 rings (SSSR count). The van der Waals surface area contributed by atoms with Gasteiger partial charge in [-0.2, -0.15) is 13.2 Å². The van der Waals surface area contributed by atoms with Gasteiger partial charge in [0, 0.05) is 34.6 Å². The Morgan fingerprint density at radius 3 is 2.22 bits per heavy atom. The molecule has 0 bridgehead atoms. The van der Waals surface area contributed by atoms with Crippen LogP contribution in [0.25, 0.3) is 11.3 Å². The van der Waals surface area contributed by atoms with Gasteiger partial charge in [0.25, 0.3) is 18.8 Å². The summed E-state index contributed by atoms with van der Waals surface area (Å²) in [4.78, 5) is 18.3. The molecule has 5 nitrogen and oxygen atoms in total. The summed E-state index contributed by atoms with van der Waals surface area (Å²) in [6.45, 7) is -1.87. The Bertz CT molecular complexity index is 1300. The number of carbonyl (C=O) groups is 1. The van der Waals surface area contributed by atoms with Crippen LogP contribution in [0.2, 0.25) is 0 Å². The van der Waals surface area contributed by atoms with Gasteiger partial charge in [0.2, 0.25) is 5.60 Å². The predicted octanol–water partition coefficient (Wildman–Crippen LogP) is 5.71. The fourth-order valence-electron chi connectivity index (χ4n) is 3.90. The summed E-state index contributed by atoms with van der Waals surface area (Å²) in [6.07, 6.45) is -11.0. The number of rotatable bonds is 7. The van der Waals surface area contributed by atoms with Crippen molar-refractivity contribution in [2.24, 2.45) is 0 Å². The summed E-state index contributed by atoms with van der Waals surface area (Å²) in [5.74, 6) is -1.91. The fourth-order valence-corrected chi connectivity index (χ4v) is 3.90. The number of fused-ring (bicyclic) bond motifs is 1. The van der Waals surface area contributed by atoms with E-state index in [2.05, 4.69) is 4.98 Å². The average Bonchev–Trinajstić information content (AvgIpc) is 3.18. The van der Waals surface area contributed by atoms with Crippen LogP contribution in [-0.2, 0) is 12.1 Å². The molecule has 0 saturated carbocycles. The zero-order valence-corrected chi connectivity index (χ0v) is 18.4. The Morgan fingerprint density at radius 2 is 1.62 bits per heavy atom. The molecule has 13 heteroatoms. The molecule has 0 aliphatic carbocycles. The molecule has 0 unspecified atom stereocenters. The number of benzene rings is 2. The van der Waals surface area contributed by atoms with E-state index in [1.54, 1.807) is 0 Å². The highest BCUT2D eigenvalue weighted by Crippen LogP contribution is 2.40. The first-order valence-electron chi connectivity index (χ1n) is 10.5. The molecule has 1 aromatic heterocycles. The van der Waals surface area contributed by atoms with Crippen LogP contribution in [0.1, 0.15) is 21.5 Å². The number of amides is 1. The quantitative estimate of drug-likeness (QED) is 0.397. The third kappa shape index (κ3) is 4.95. The molecule has 0 spiro atoms. The minimum absolute atomic E-state index is 0.00794. The lowest BCUT2D eigenvalue weighted by Crippen LogP contribution is -2.41. The second-order valence-corrected chi connectivity index (χ2v) is 8.09. The summed E-state index contributed by atoms with van der Waals surface area (Å²) in [6, 6.07) is 8.11. The number of aliphatic hydroxyl groups is 1. The van der Waals surface area contributed by atoms with Crippen molar-refractivity contribution < 1.29 is 49.8 Å². The molecule has 1 aliphatic heterocycles. The van der Waals surface area contributed by atoms with E-state index in [1.807, 2.05) is 0 Å². The molecule has 2 aromatic carbocycles. The summed E-state index contributed by atoms with van der Waals surface area (Å²) in [7, 11) is 0. The summed E-state index contributed by atoms with van der Waals surface area (Å²) >= 11 is 0. The van der Waals surface area contributed by atoms with E-state index in [4.69, 9.17) is 4.74 Å². The van der Waals surface area contributed by atoms with Crippen LogP contribution in [0.4, 0.5) is 40.8 Å². The Kier molecular flexibility index (Phi) is 6.84. The number of carbonyl (C=O) groups excluding carboxylic acids is 1. The van der Waals surface area contributed by atoms with Crippen LogP contribution in [0.3, 0.4) is 0 Å². The van der Waals surface area contributed by atoms with Crippen LogP contribution >= 0.6 is 0 Å². The molecule has 0 saturated heterocycles. The van der Waals surface area contributed by atoms with Gasteiger partial charge in [-0.05, 0) is 35.9 Å². The normalized spacial score (nSPS) is 14.0. The van der Waals surface area contributed by atoms with Crippen molar-refractivity contribution in [3.05, 3.63) is 77.2 Å². The summed E-state index contributed by atoms with van der Waals surface area (Å²) < 4.78 is 109. The number of nitrogens with zero attached hydrogens (tertiary/aromatic N) is 2. The number of pyridine rings is 1. The lowest BCUT2D eigenvalue weighted by molar-refractivity contribution is -0.183. The van der Waals surface area contributed by atoms with Crippen molar-refractivity contribution in [3.8, 4) is 17.0 Å². The second kappa shape index (κ2) is 9.61. The van der Waals surface area contributed by atoms with Gasteiger partial charge in [-0.15, -0.1) is 0 Å². The Labute approximate surface area is 203 Å². The van der Waals surface area contributed by atoms with Crippen molar-refractivity contribution in [2.45, 2.75) is 31.2 Å². The first-order valence-corrected chi connectivity index (χ1v) is 10.5. The number of alkyl halides is 7. The molecule has 0 fully saturated rings. The SMILES string of the molecule is O=C1c2ccnc(-c3ccc(F)cc3OCC(F)(F)F)c2CN1c1ccc(C(O)(C(F)F)C(F)F)cc1. The van der Waals surface area contributed by atoms with E-state index in [-0.39, 0.29) is 34.6 Å². The fraction of sp³-hybridized carbons (Fsp3) is 0.250. The van der Waals surface area contributed by atoms with Crippen molar-refractivity contribution in [1.82, 2.24) is 4.98 Å². The molecular formula is C24H16F8N2O3. The Morgan fingerprint density at radius 1 is 0.973 bits per heavy atom. The van der Waals surface area contributed by atoms with E-state index in [1.165, 1.54) is 12.3 Å². The molecule has 1 aliphatic rings. The highest BCUT2D eigenvalue weighted by molar-refractivity contribution is 6.11. The van der Waals surface area contributed by atoms with Gasteiger partial charge in [-0.25, -0.2) is 22.0 Å². The third-order valence-electron chi connectivity index (χ3n) is 5.74. The number of hydrogen-bond donors (Lipinski definition) is 1. The smallest absolute Gasteiger partial charge is 0.422 e. The standard InChI is InChI=1S/C24H16F8N2O3/c25-13-3-6-16(18(9-13)37-11-23(30,31)32)19-17-10-34(20(35)15(17)7-8-33-19)14-4-1-12(2-5-14)24(36,21(26)27)22(28)29/h1-9,21-22,36H,10-11H2. The first kappa shape index (κ1) is 26.3. The molecular weight excluding hydrogens is 516 g/mol. The maximum absolute atomic E-state index is 13.8. The molecule has 2 heterocycles. The van der Waals surface area contributed by atoms with Crippen molar-refractivity contribution >= 4 is 11.6 Å². The zero-order chi connectivity index (χ0) is 27.1. The molecule has 1 amide bonds. The van der Waals surface area contributed by atoms with E-state index in [0.29, 0.717) is 0 Å². The Balaban J connectivity index is 1.68. The average molecular weight is 532 g/mol. The van der Waals surface area contributed by atoms with Gasteiger partial charge in [0.05, 0.1) is 12.2 Å². The van der Waals surface area contributed by atoms with Gasteiger partial charge < -0.3 is 14.7 Å². The van der Waals surface area contributed by atoms with E-state index >= 15 is 0 Å². The van der Waals surface area contributed by atoms with Crippen LogP contribution < -0.4 is 9.64 Å². The molecule has 3 aromatic rings. The highest BCUT2D eigenvalue weighted by atomic mass is 19.4. The molecule has 37 heavy (non-hydrogen) atoms.